The summed E-state index contributed by atoms with van der Waals surface area (Å²) >= 11 is 0. The van der Waals surface area contributed by atoms with Gasteiger partial charge in [-0.3, -0.25) is 4.79 Å². The zero-order valence-corrected chi connectivity index (χ0v) is 23.6. The minimum Gasteiger partial charge on any atom is -0.494 e. The van der Waals surface area contributed by atoms with Crippen molar-refractivity contribution in [3.8, 4) is 11.5 Å². The summed E-state index contributed by atoms with van der Waals surface area (Å²) in [7, 11) is 4.97. The summed E-state index contributed by atoms with van der Waals surface area (Å²) in [5, 5.41) is 0. The summed E-state index contributed by atoms with van der Waals surface area (Å²) in [5.74, 6) is 2.33. The Kier molecular flexibility index (Phi) is 9.67. The van der Waals surface area contributed by atoms with Crippen LogP contribution in [-0.4, -0.2) is 39.7 Å². The molecule has 0 N–H and O–H groups in total. The number of carbonyl (C=O) groups is 1. The third kappa shape index (κ3) is 6.68. The Labute approximate surface area is 221 Å². The highest BCUT2D eigenvalue weighted by Gasteiger charge is 2.43. The van der Waals surface area contributed by atoms with Crippen LogP contribution in [0, 0.1) is 0 Å². The molecule has 1 aromatic rings. The number of carbonyl (C=O) groups excluding carboxylic acids is 1. The minimum absolute atomic E-state index is 0.212. The van der Waals surface area contributed by atoms with Gasteiger partial charge in [0.1, 0.15) is 24.2 Å². The molecule has 6 nitrogen and oxygen atoms in total. The van der Waals surface area contributed by atoms with Crippen molar-refractivity contribution < 1.29 is 23.7 Å². The van der Waals surface area contributed by atoms with E-state index in [-0.39, 0.29) is 17.6 Å². The summed E-state index contributed by atoms with van der Waals surface area (Å²) in [4.78, 5) is 14.8. The molecular formula is C31H41NO5. The molecule has 0 aromatic heterocycles. The molecule has 3 rings (SSSR count). The number of ketones is 1. The van der Waals surface area contributed by atoms with E-state index in [4.69, 9.17) is 18.9 Å². The molecule has 1 aliphatic carbocycles. The molecule has 6 heteroatoms. The molecule has 0 amide bonds. The minimum atomic E-state index is -0.368. The number of hydrogen-bond donors (Lipinski definition) is 0. The zero-order valence-electron chi connectivity index (χ0n) is 23.6. The van der Waals surface area contributed by atoms with Gasteiger partial charge in [0.15, 0.2) is 11.5 Å². The maximum absolute atomic E-state index is 12.8. The molecule has 0 saturated heterocycles. The molecule has 1 aliphatic heterocycles. The van der Waals surface area contributed by atoms with Gasteiger partial charge in [-0.1, -0.05) is 28.9 Å². The standard InChI is InChI=1S/C31H41NO5/c1-20(2)11-9-12-21(3)13-10-14-22(4)17-18-36-24-15-16-25-26(19-24)37-29-23(5)28(33)31(35-8)30(34-7)27(29)32(25)6/h11,13,15-17,19,27H,9-10,12,14,18H2,1-8H3/b21-13+,22-17+. The van der Waals surface area contributed by atoms with Crippen molar-refractivity contribution in [2.45, 2.75) is 66.3 Å². The van der Waals surface area contributed by atoms with Crippen LogP contribution in [0.15, 0.2) is 76.0 Å². The molecule has 0 radical (unpaired) electrons. The van der Waals surface area contributed by atoms with Gasteiger partial charge in [-0.25, -0.2) is 0 Å². The van der Waals surface area contributed by atoms with Crippen molar-refractivity contribution in [3.63, 3.8) is 0 Å². The monoisotopic (exact) mass is 507 g/mol. The van der Waals surface area contributed by atoms with E-state index in [2.05, 4.69) is 45.9 Å². The van der Waals surface area contributed by atoms with Gasteiger partial charge in [0, 0.05) is 18.7 Å². The summed E-state index contributed by atoms with van der Waals surface area (Å²) in [6.07, 6.45) is 11.0. The predicted octanol–water partition coefficient (Wildman–Crippen LogP) is 7.04. The summed E-state index contributed by atoms with van der Waals surface area (Å²) in [6, 6.07) is 5.40. The van der Waals surface area contributed by atoms with Crippen molar-refractivity contribution in [2.75, 3.05) is 32.8 Å². The molecule has 0 spiro atoms. The van der Waals surface area contributed by atoms with E-state index < -0.39 is 0 Å². The molecule has 37 heavy (non-hydrogen) atoms. The second kappa shape index (κ2) is 12.7. The normalized spacial score (nSPS) is 17.8. The summed E-state index contributed by atoms with van der Waals surface area (Å²) in [5.41, 5.74) is 5.51. The fraction of sp³-hybridized carbons (Fsp3) is 0.452. The van der Waals surface area contributed by atoms with E-state index in [1.165, 1.54) is 23.8 Å². The van der Waals surface area contributed by atoms with Crippen molar-refractivity contribution in [3.05, 3.63) is 76.0 Å². The molecule has 2 aliphatic rings. The zero-order chi connectivity index (χ0) is 27.1. The van der Waals surface area contributed by atoms with E-state index in [0.29, 0.717) is 35.2 Å². The maximum Gasteiger partial charge on any atom is 0.230 e. The Morgan fingerprint density at radius 1 is 1.00 bits per heavy atom. The first-order valence-electron chi connectivity index (χ1n) is 12.9. The largest absolute Gasteiger partial charge is 0.494 e. The number of fused-ring (bicyclic) bond motifs is 2. The molecule has 1 aromatic carbocycles. The van der Waals surface area contributed by atoms with Crippen LogP contribution in [0.5, 0.6) is 11.5 Å². The highest BCUT2D eigenvalue weighted by Crippen LogP contribution is 2.44. The third-order valence-corrected chi connectivity index (χ3v) is 6.78. The number of methoxy groups -OCH3 is 2. The third-order valence-electron chi connectivity index (χ3n) is 6.78. The summed E-state index contributed by atoms with van der Waals surface area (Å²) in [6.45, 7) is 10.9. The molecule has 1 atom stereocenters. The first kappa shape index (κ1) is 28.2. The van der Waals surface area contributed by atoms with E-state index in [9.17, 15) is 4.79 Å². The molecule has 1 unspecified atom stereocenters. The van der Waals surface area contributed by atoms with Gasteiger partial charge < -0.3 is 23.8 Å². The van der Waals surface area contributed by atoms with Gasteiger partial charge in [0.25, 0.3) is 0 Å². The molecular weight excluding hydrogens is 466 g/mol. The first-order valence-corrected chi connectivity index (χ1v) is 12.9. The van der Waals surface area contributed by atoms with Crippen molar-refractivity contribution >= 4 is 11.5 Å². The topological polar surface area (TPSA) is 57.2 Å². The van der Waals surface area contributed by atoms with Crippen LogP contribution in [0.2, 0.25) is 0 Å². The second-order valence-corrected chi connectivity index (χ2v) is 9.94. The molecule has 200 valence electrons. The van der Waals surface area contributed by atoms with Crippen LogP contribution in [0.3, 0.4) is 0 Å². The first-order chi connectivity index (χ1) is 17.7. The van der Waals surface area contributed by atoms with Gasteiger partial charge in [0.05, 0.1) is 19.9 Å². The van der Waals surface area contributed by atoms with Crippen LogP contribution < -0.4 is 14.4 Å². The molecule has 0 saturated carbocycles. The average molecular weight is 508 g/mol. The average Bonchev–Trinajstić information content (AvgIpc) is 2.86. The number of ether oxygens (including phenoxy) is 4. The van der Waals surface area contributed by atoms with Crippen molar-refractivity contribution in [2.24, 2.45) is 0 Å². The van der Waals surface area contributed by atoms with Gasteiger partial charge in [0.2, 0.25) is 11.5 Å². The quantitative estimate of drug-likeness (QED) is 0.299. The molecule has 0 fully saturated rings. The van der Waals surface area contributed by atoms with Crippen LogP contribution >= 0.6 is 0 Å². The van der Waals surface area contributed by atoms with E-state index >= 15 is 0 Å². The Morgan fingerprint density at radius 3 is 2.32 bits per heavy atom. The van der Waals surface area contributed by atoms with E-state index in [1.807, 2.05) is 30.1 Å². The molecule has 0 bridgehead atoms. The Hall–Kier alpha value is -3.41. The van der Waals surface area contributed by atoms with Crippen molar-refractivity contribution in [1.82, 2.24) is 0 Å². The lowest BCUT2D eigenvalue weighted by atomic mass is 9.94. The number of anilines is 1. The number of benzene rings is 1. The number of likely N-dealkylation sites (N-methyl/N-ethyl adjacent to an activating group) is 1. The van der Waals surface area contributed by atoms with Crippen LogP contribution in [0.4, 0.5) is 5.69 Å². The lowest BCUT2D eigenvalue weighted by Crippen LogP contribution is -2.45. The Bertz CT molecular complexity index is 1160. The highest BCUT2D eigenvalue weighted by atomic mass is 16.5. The number of hydrogen-bond acceptors (Lipinski definition) is 6. The predicted molar refractivity (Wildman–Crippen MR) is 149 cm³/mol. The lowest BCUT2D eigenvalue weighted by Gasteiger charge is -2.40. The van der Waals surface area contributed by atoms with Crippen LogP contribution in [-0.2, 0) is 14.3 Å². The van der Waals surface area contributed by atoms with Crippen molar-refractivity contribution in [1.29, 1.82) is 0 Å². The summed E-state index contributed by atoms with van der Waals surface area (Å²) < 4.78 is 23.2. The highest BCUT2D eigenvalue weighted by molar-refractivity contribution is 6.09. The number of rotatable bonds is 11. The number of Topliss-reactive ketones (excluding diaryl/α,β-unsaturated/α-hetero) is 1. The fourth-order valence-electron chi connectivity index (χ4n) is 4.56. The molecule has 1 heterocycles. The van der Waals surface area contributed by atoms with Gasteiger partial charge >= 0.3 is 0 Å². The Morgan fingerprint density at radius 2 is 1.68 bits per heavy atom. The van der Waals surface area contributed by atoms with Crippen LogP contribution in [0.25, 0.3) is 0 Å². The maximum atomic E-state index is 12.8. The lowest BCUT2D eigenvalue weighted by molar-refractivity contribution is -0.116. The van der Waals surface area contributed by atoms with E-state index in [1.54, 1.807) is 14.0 Å². The Balaban J connectivity index is 1.63. The smallest absolute Gasteiger partial charge is 0.230 e. The van der Waals surface area contributed by atoms with E-state index in [0.717, 1.165) is 31.4 Å². The fourth-order valence-corrected chi connectivity index (χ4v) is 4.56. The number of allylic oxidation sites excluding steroid dienone is 6. The second-order valence-electron chi connectivity index (χ2n) is 9.94. The van der Waals surface area contributed by atoms with Gasteiger partial charge in [-0.05, 0) is 78.5 Å². The van der Waals surface area contributed by atoms with Gasteiger partial charge in [-0.15, -0.1) is 0 Å². The SMILES string of the molecule is COC1=C(OC)C2C(=C(C)C1=O)Oc1cc(OC/C=C(\C)CC/C=C(\C)CCC=C(C)C)ccc1N2C. The number of nitrogens with zero attached hydrogens (tertiary/aromatic N) is 1. The van der Waals surface area contributed by atoms with Crippen LogP contribution in [0.1, 0.15) is 60.3 Å². The van der Waals surface area contributed by atoms with Gasteiger partial charge in [-0.2, -0.15) is 0 Å².